The number of nitrogens with two attached hydrogens (primary N) is 2. The fraction of sp³-hybridized carbons (Fsp3) is 0.133. The summed E-state index contributed by atoms with van der Waals surface area (Å²) >= 11 is 0. The maximum atomic E-state index is 13.1. The molecule has 0 aromatic heterocycles. The number of carbonyl (C=O) groups excluding carboxylic acids is 1. The third-order valence-corrected chi connectivity index (χ3v) is 2.92. The molecule has 2 rings (SSSR count). The van der Waals surface area contributed by atoms with Gasteiger partial charge >= 0.3 is 0 Å². The van der Waals surface area contributed by atoms with E-state index in [0.717, 1.165) is 5.56 Å². The molecule has 2 aromatic rings. The fourth-order valence-corrected chi connectivity index (χ4v) is 1.88. The van der Waals surface area contributed by atoms with Gasteiger partial charge in [0.05, 0.1) is 5.56 Å². The van der Waals surface area contributed by atoms with Gasteiger partial charge in [-0.1, -0.05) is 18.2 Å². The number of hydrogen-bond acceptors (Lipinski definition) is 3. The zero-order chi connectivity index (χ0) is 14.5. The van der Waals surface area contributed by atoms with Gasteiger partial charge in [0, 0.05) is 6.54 Å². The highest BCUT2D eigenvalue weighted by Gasteiger charge is 2.09. The lowest BCUT2D eigenvalue weighted by Crippen LogP contribution is -2.13. The lowest BCUT2D eigenvalue weighted by atomic mass is 10.1. The Hall–Kier alpha value is -2.40. The molecule has 0 atom stereocenters. The van der Waals surface area contributed by atoms with E-state index in [1.54, 1.807) is 30.3 Å². The van der Waals surface area contributed by atoms with Crippen LogP contribution < -0.4 is 16.2 Å². The number of halogens is 1. The van der Waals surface area contributed by atoms with Crippen molar-refractivity contribution in [2.75, 3.05) is 0 Å². The molecule has 0 saturated heterocycles. The van der Waals surface area contributed by atoms with Crippen molar-refractivity contribution in [2.45, 2.75) is 13.2 Å². The number of rotatable bonds is 5. The van der Waals surface area contributed by atoms with Gasteiger partial charge in [0.15, 0.2) is 0 Å². The number of carbonyl (C=O) groups is 1. The first kappa shape index (κ1) is 14.0. The van der Waals surface area contributed by atoms with E-state index in [1.165, 1.54) is 12.1 Å². The third kappa shape index (κ3) is 3.13. The van der Waals surface area contributed by atoms with Crippen LogP contribution in [0.25, 0.3) is 0 Å². The molecule has 4 nitrogen and oxygen atoms in total. The molecule has 0 heterocycles. The molecule has 0 aliphatic rings. The third-order valence-electron chi connectivity index (χ3n) is 2.92. The lowest BCUT2D eigenvalue weighted by Gasteiger charge is -2.12. The summed E-state index contributed by atoms with van der Waals surface area (Å²) in [5.74, 6) is -0.502. The Balaban J connectivity index is 2.19. The number of benzene rings is 2. The SMILES string of the molecule is NCc1cc(F)ccc1COc1ccccc1C(N)=O. The molecular weight excluding hydrogens is 259 g/mol. The van der Waals surface area contributed by atoms with E-state index in [4.69, 9.17) is 16.2 Å². The van der Waals surface area contributed by atoms with Gasteiger partial charge in [-0.3, -0.25) is 4.79 Å². The van der Waals surface area contributed by atoms with Gasteiger partial charge in [-0.2, -0.15) is 0 Å². The minimum absolute atomic E-state index is 0.192. The molecule has 0 aliphatic heterocycles. The molecular formula is C15H15FN2O2. The molecule has 1 amide bonds. The summed E-state index contributed by atoms with van der Waals surface area (Å²) in [5.41, 5.74) is 12.6. The molecule has 104 valence electrons. The van der Waals surface area contributed by atoms with Crippen molar-refractivity contribution in [1.82, 2.24) is 0 Å². The van der Waals surface area contributed by atoms with Crippen molar-refractivity contribution >= 4 is 5.91 Å². The highest BCUT2D eigenvalue weighted by molar-refractivity contribution is 5.95. The molecule has 5 heteroatoms. The van der Waals surface area contributed by atoms with Crippen LogP contribution in [0.3, 0.4) is 0 Å². The highest BCUT2D eigenvalue weighted by Crippen LogP contribution is 2.20. The number of para-hydroxylation sites is 1. The summed E-state index contributed by atoms with van der Waals surface area (Å²) in [5, 5.41) is 0. The van der Waals surface area contributed by atoms with Crippen LogP contribution >= 0.6 is 0 Å². The Labute approximate surface area is 116 Å². The van der Waals surface area contributed by atoms with Gasteiger partial charge in [0.1, 0.15) is 18.2 Å². The monoisotopic (exact) mass is 274 g/mol. The normalized spacial score (nSPS) is 10.3. The molecule has 0 bridgehead atoms. The predicted molar refractivity (Wildman–Crippen MR) is 73.6 cm³/mol. The second-order valence-corrected chi connectivity index (χ2v) is 4.27. The van der Waals surface area contributed by atoms with Crippen molar-refractivity contribution in [3.8, 4) is 5.75 Å². The molecule has 0 spiro atoms. The minimum atomic E-state index is -0.557. The van der Waals surface area contributed by atoms with E-state index in [1.807, 2.05) is 0 Å². The van der Waals surface area contributed by atoms with Crippen molar-refractivity contribution < 1.29 is 13.9 Å². The van der Waals surface area contributed by atoms with Crippen LogP contribution in [0, 0.1) is 5.82 Å². The van der Waals surface area contributed by atoms with Crippen molar-refractivity contribution in [2.24, 2.45) is 11.5 Å². The smallest absolute Gasteiger partial charge is 0.252 e. The zero-order valence-electron chi connectivity index (χ0n) is 10.8. The van der Waals surface area contributed by atoms with Gasteiger partial charge in [-0.05, 0) is 35.4 Å². The second-order valence-electron chi connectivity index (χ2n) is 4.27. The van der Waals surface area contributed by atoms with Gasteiger partial charge in [-0.15, -0.1) is 0 Å². The van der Waals surface area contributed by atoms with E-state index in [0.29, 0.717) is 16.9 Å². The van der Waals surface area contributed by atoms with E-state index >= 15 is 0 Å². The number of hydrogen-bond donors (Lipinski definition) is 2. The lowest BCUT2D eigenvalue weighted by molar-refractivity contribution is 0.0996. The number of ether oxygens (including phenoxy) is 1. The van der Waals surface area contributed by atoms with E-state index in [9.17, 15) is 9.18 Å². The number of amides is 1. The largest absolute Gasteiger partial charge is 0.488 e. The minimum Gasteiger partial charge on any atom is -0.488 e. The topological polar surface area (TPSA) is 78.3 Å². The van der Waals surface area contributed by atoms with Crippen LogP contribution in [0.2, 0.25) is 0 Å². The molecule has 0 unspecified atom stereocenters. The Morgan fingerprint density at radius 3 is 2.60 bits per heavy atom. The van der Waals surface area contributed by atoms with Crippen LogP contribution in [-0.2, 0) is 13.2 Å². The summed E-state index contributed by atoms with van der Waals surface area (Å²) in [7, 11) is 0. The molecule has 0 aliphatic carbocycles. The second kappa shape index (κ2) is 6.16. The van der Waals surface area contributed by atoms with Gasteiger partial charge in [0.25, 0.3) is 5.91 Å². The maximum absolute atomic E-state index is 13.1. The molecule has 4 N–H and O–H groups in total. The van der Waals surface area contributed by atoms with Crippen molar-refractivity contribution in [3.63, 3.8) is 0 Å². The van der Waals surface area contributed by atoms with Gasteiger partial charge < -0.3 is 16.2 Å². The summed E-state index contributed by atoms with van der Waals surface area (Å²) in [6.07, 6.45) is 0. The Morgan fingerprint density at radius 2 is 1.90 bits per heavy atom. The van der Waals surface area contributed by atoms with Crippen LogP contribution in [0.5, 0.6) is 5.75 Å². The molecule has 20 heavy (non-hydrogen) atoms. The van der Waals surface area contributed by atoms with Crippen molar-refractivity contribution in [3.05, 3.63) is 65.0 Å². The molecule has 0 saturated carbocycles. The van der Waals surface area contributed by atoms with Crippen LogP contribution in [0.15, 0.2) is 42.5 Å². The number of primary amides is 1. The van der Waals surface area contributed by atoms with Crippen LogP contribution in [0.4, 0.5) is 4.39 Å². The predicted octanol–water partition coefficient (Wildman–Crippen LogP) is 1.96. The molecule has 2 aromatic carbocycles. The summed E-state index contributed by atoms with van der Waals surface area (Å²) in [4.78, 5) is 11.3. The van der Waals surface area contributed by atoms with Crippen LogP contribution in [-0.4, -0.2) is 5.91 Å². The van der Waals surface area contributed by atoms with E-state index in [2.05, 4.69) is 0 Å². The first-order valence-corrected chi connectivity index (χ1v) is 6.11. The average molecular weight is 274 g/mol. The van der Waals surface area contributed by atoms with Crippen molar-refractivity contribution in [1.29, 1.82) is 0 Å². The van der Waals surface area contributed by atoms with E-state index in [-0.39, 0.29) is 19.0 Å². The first-order chi connectivity index (χ1) is 9.61. The highest BCUT2D eigenvalue weighted by atomic mass is 19.1. The summed E-state index contributed by atoms with van der Waals surface area (Å²) in [6.45, 7) is 0.408. The van der Waals surface area contributed by atoms with E-state index < -0.39 is 5.91 Å². The van der Waals surface area contributed by atoms with Crippen LogP contribution in [0.1, 0.15) is 21.5 Å². The zero-order valence-corrected chi connectivity index (χ0v) is 10.8. The standard InChI is InChI=1S/C15H15FN2O2/c16-12-6-5-10(11(7-12)8-17)9-20-14-4-2-1-3-13(14)15(18)19/h1-7H,8-9,17H2,(H2,18,19). The molecule has 0 fully saturated rings. The molecule has 0 radical (unpaired) electrons. The van der Waals surface area contributed by atoms with Gasteiger partial charge in [0.2, 0.25) is 0 Å². The Bertz CT molecular complexity index is 629. The maximum Gasteiger partial charge on any atom is 0.252 e. The summed E-state index contributed by atoms with van der Waals surface area (Å²) < 4.78 is 18.7. The van der Waals surface area contributed by atoms with Gasteiger partial charge in [-0.25, -0.2) is 4.39 Å². The average Bonchev–Trinajstić information content (AvgIpc) is 2.46. The first-order valence-electron chi connectivity index (χ1n) is 6.11. The quantitative estimate of drug-likeness (QED) is 0.874. The Morgan fingerprint density at radius 1 is 1.15 bits per heavy atom. The fourth-order valence-electron chi connectivity index (χ4n) is 1.88. The Kier molecular flexibility index (Phi) is 4.32. The summed E-state index contributed by atoms with van der Waals surface area (Å²) in [6, 6.07) is 11.0.